The molecule has 0 saturated heterocycles. The average molecular weight is 353 g/mol. The first-order valence-corrected chi connectivity index (χ1v) is 9.26. The second-order valence-corrected chi connectivity index (χ2v) is 9.62. The van der Waals surface area contributed by atoms with Gasteiger partial charge in [0.1, 0.15) is 5.75 Å². The van der Waals surface area contributed by atoms with Gasteiger partial charge in [0.25, 0.3) is 0 Å². The molecule has 2 heteroatoms. The number of hydrogen-bond donors (Lipinski definition) is 0. The maximum absolute atomic E-state index is 12.0. The van der Waals surface area contributed by atoms with Crippen LogP contribution in [0.4, 0.5) is 0 Å². The van der Waals surface area contributed by atoms with Crippen molar-refractivity contribution < 1.29 is 9.53 Å². The zero-order valence-corrected chi connectivity index (χ0v) is 17.4. The van der Waals surface area contributed by atoms with Crippen LogP contribution in [0.3, 0.4) is 0 Å². The van der Waals surface area contributed by atoms with E-state index in [1.165, 1.54) is 16.7 Å². The van der Waals surface area contributed by atoms with E-state index in [1.807, 2.05) is 45.0 Å². The molecule has 0 bridgehead atoms. The van der Waals surface area contributed by atoms with Crippen molar-refractivity contribution in [1.82, 2.24) is 0 Å². The van der Waals surface area contributed by atoms with E-state index in [0.717, 1.165) is 0 Å². The SMILES string of the molecule is CC(C)(C)C(=O)Oc1ccc(C(C)(C)c2ccc(C(C)(C)C)cc2)cc1. The first-order valence-electron chi connectivity index (χ1n) is 9.26. The number of rotatable bonds is 3. The molecule has 0 aliphatic heterocycles. The highest BCUT2D eigenvalue weighted by Gasteiger charge is 2.26. The van der Waals surface area contributed by atoms with Crippen LogP contribution in [0.1, 0.15) is 72.1 Å². The summed E-state index contributed by atoms with van der Waals surface area (Å²) in [5.41, 5.74) is 3.32. The van der Waals surface area contributed by atoms with Gasteiger partial charge in [0.05, 0.1) is 5.41 Å². The molecule has 0 heterocycles. The van der Waals surface area contributed by atoms with E-state index in [9.17, 15) is 4.79 Å². The lowest BCUT2D eigenvalue weighted by atomic mass is 9.77. The molecule has 0 N–H and O–H groups in total. The highest BCUT2D eigenvalue weighted by Crippen LogP contribution is 2.34. The Morgan fingerprint density at radius 2 is 1.04 bits per heavy atom. The van der Waals surface area contributed by atoms with E-state index in [1.54, 1.807) is 0 Å². The zero-order valence-electron chi connectivity index (χ0n) is 17.4. The van der Waals surface area contributed by atoms with Gasteiger partial charge in [-0.3, -0.25) is 4.79 Å². The topological polar surface area (TPSA) is 26.3 Å². The Labute approximate surface area is 158 Å². The minimum absolute atomic E-state index is 0.122. The van der Waals surface area contributed by atoms with E-state index in [-0.39, 0.29) is 16.8 Å². The molecule has 0 aliphatic rings. The fraction of sp³-hybridized carbons (Fsp3) is 0.458. The minimum Gasteiger partial charge on any atom is -0.426 e. The maximum Gasteiger partial charge on any atom is 0.316 e. The van der Waals surface area contributed by atoms with Crippen LogP contribution in [0.15, 0.2) is 48.5 Å². The van der Waals surface area contributed by atoms with Gasteiger partial charge in [0.15, 0.2) is 0 Å². The third-order valence-corrected chi connectivity index (χ3v) is 4.87. The lowest BCUT2D eigenvalue weighted by Gasteiger charge is -2.28. The molecular weight excluding hydrogens is 320 g/mol. The molecule has 0 fully saturated rings. The Morgan fingerprint density at radius 3 is 1.42 bits per heavy atom. The molecule has 0 aromatic heterocycles. The molecule has 2 nitrogen and oxygen atoms in total. The quantitative estimate of drug-likeness (QED) is 0.481. The summed E-state index contributed by atoms with van der Waals surface area (Å²) in [5.74, 6) is 0.370. The van der Waals surface area contributed by atoms with Gasteiger partial charge in [0, 0.05) is 5.41 Å². The molecule has 0 atom stereocenters. The first-order chi connectivity index (χ1) is 11.8. The second kappa shape index (κ2) is 6.90. The van der Waals surface area contributed by atoms with E-state index in [0.29, 0.717) is 5.75 Å². The summed E-state index contributed by atoms with van der Waals surface area (Å²) in [5, 5.41) is 0. The fourth-order valence-electron chi connectivity index (χ4n) is 2.75. The van der Waals surface area contributed by atoms with Crippen molar-refractivity contribution in [2.45, 2.75) is 66.2 Å². The Bertz CT molecular complexity index is 752. The highest BCUT2D eigenvalue weighted by atomic mass is 16.5. The Balaban J connectivity index is 2.22. The molecule has 0 saturated carbocycles. The van der Waals surface area contributed by atoms with Gasteiger partial charge in [-0.05, 0) is 55.0 Å². The predicted molar refractivity (Wildman–Crippen MR) is 109 cm³/mol. The maximum atomic E-state index is 12.0. The number of esters is 1. The molecule has 0 radical (unpaired) electrons. The number of carbonyl (C=O) groups excluding carboxylic acids is 1. The van der Waals surface area contributed by atoms with Gasteiger partial charge in [-0.1, -0.05) is 71.0 Å². The summed E-state index contributed by atoms with van der Waals surface area (Å²) in [7, 11) is 0. The van der Waals surface area contributed by atoms with Crippen LogP contribution in [-0.4, -0.2) is 5.97 Å². The zero-order chi connectivity index (χ0) is 19.8. The first kappa shape index (κ1) is 20.2. The van der Waals surface area contributed by atoms with E-state index < -0.39 is 5.41 Å². The van der Waals surface area contributed by atoms with Gasteiger partial charge in [-0.25, -0.2) is 0 Å². The van der Waals surface area contributed by atoms with E-state index in [4.69, 9.17) is 4.74 Å². The third-order valence-electron chi connectivity index (χ3n) is 4.87. The number of hydrogen-bond acceptors (Lipinski definition) is 2. The van der Waals surface area contributed by atoms with Crippen LogP contribution < -0.4 is 4.74 Å². The van der Waals surface area contributed by atoms with Crippen molar-refractivity contribution in [3.8, 4) is 5.75 Å². The van der Waals surface area contributed by atoms with Crippen molar-refractivity contribution >= 4 is 5.97 Å². The van der Waals surface area contributed by atoms with E-state index in [2.05, 4.69) is 58.9 Å². The lowest BCUT2D eigenvalue weighted by Crippen LogP contribution is -2.25. The molecule has 2 aromatic rings. The molecule has 26 heavy (non-hydrogen) atoms. The van der Waals surface area contributed by atoms with Crippen molar-refractivity contribution in [2.75, 3.05) is 0 Å². The summed E-state index contributed by atoms with van der Waals surface area (Å²) < 4.78 is 5.47. The van der Waals surface area contributed by atoms with Gasteiger partial charge >= 0.3 is 5.97 Å². The summed E-state index contributed by atoms with van der Waals surface area (Å²) in [4.78, 5) is 12.0. The van der Waals surface area contributed by atoms with Gasteiger partial charge < -0.3 is 4.74 Å². The summed E-state index contributed by atoms with van der Waals surface area (Å²) in [6.45, 7) is 16.7. The number of carbonyl (C=O) groups is 1. The van der Waals surface area contributed by atoms with Gasteiger partial charge in [-0.15, -0.1) is 0 Å². The molecular formula is C24H32O2. The standard InChI is InChI=1S/C24H32O2/c1-22(2,3)17-9-11-18(12-10-17)24(7,8)19-13-15-20(16-14-19)26-21(25)23(4,5)6/h9-16H,1-8H3. The molecule has 2 rings (SSSR count). The molecule has 140 valence electrons. The van der Waals surface area contributed by atoms with E-state index >= 15 is 0 Å². The molecule has 0 aliphatic carbocycles. The van der Waals surface area contributed by atoms with Crippen LogP contribution in [0.5, 0.6) is 5.75 Å². The van der Waals surface area contributed by atoms with Crippen molar-refractivity contribution in [2.24, 2.45) is 5.41 Å². The fourth-order valence-corrected chi connectivity index (χ4v) is 2.75. The molecule has 0 amide bonds. The Morgan fingerprint density at radius 1 is 0.654 bits per heavy atom. The Hall–Kier alpha value is -2.09. The average Bonchev–Trinajstić information content (AvgIpc) is 2.54. The molecule has 0 spiro atoms. The Kier molecular flexibility index (Phi) is 5.37. The van der Waals surface area contributed by atoms with Crippen LogP contribution in [0.2, 0.25) is 0 Å². The second-order valence-electron chi connectivity index (χ2n) is 9.62. The van der Waals surface area contributed by atoms with Crippen molar-refractivity contribution in [3.05, 3.63) is 65.2 Å². The predicted octanol–water partition coefficient (Wildman–Crippen LogP) is 6.26. The smallest absolute Gasteiger partial charge is 0.316 e. The van der Waals surface area contributed by atoms with Crippen molar-refractivity contribution in [3.63, 3.8) is 0 Å². The minimum atomic E-state index is -0.507. The van der Waals surface area contributed by atoms with Gasteiger partial charge in [0.2, 0.25) is 0 Å². The van der Waals surface area contributed by atoms with Crippen LogP contribution >= 0.6 is 0 Å². The highest BCUT2D eigenvalue weighted by molar-refractivity contribution is 5.77. The number of benzene rings is 2. The largest absolute Gasteiger partial charge is 0.426 e. The summed E-state index contributed by atoms with van der Waals surface area (Å²) >= 11 is 0. The number of ether oxygens (including phenoxy) is 1. The van der Waals surface area contributed by atoms with Crippen molar-refractivity contribution in [1.29, 1.82) is 0 Å². The third kappa shape index (κ3) is 4.55. The lowest BCUT2D eigenvalue weighted by molar-refractivity contribution is -0.142. The van der Waals surface area contributed by atoms with Crippen LogP contribution in [0, 0.1) is 5.41 Å². The monoisotopic (exact) mass is 352 g/mol. The summed E-state index contributed by atoms with van der Waals surface area (Å²) in [6, 6.07) is 16.7. The van der Waals surface area contributed by atoms with Gasteiger partial charge in [-0.2, -0.15) is 0 Å². The molecule has 0 unspecified atom stereocenters. The molecule has 2 aromatic carbocycles. The van der Waals surface area contributed by atoms with Crippen LogP contribution in [0.25, 0.3) is 0 Å². The summed E-state index contributed by atoms with van der Waals surface area (Å²) in [6.07, 6.45) is 0. The normalized spacial score (nSPS) is 12.8. The van der Waals surface area contributed by atoms with Crippen LogP contribution in [-0.2, 0) is 15.6 Å².